The Morgan fingerprint density at radius 1 is 1.09 bits per heavy atom. The molecule has 0 aromatic heterocycles. The Morgan fingerprint density at radius 3 is 2.41 bits per heavy atom. The number of nitrogens with one attached hydrogen (secondary N) is 3. The van der Waals surface area contributed by atoms with Crippen LogP contribution in [-0.4, -0.2) is 43.9 Å². The Bertz CT molecular complexity index is 899. The molecule has 1 aromatic rings. The zero-order valence-corrected chi connectivity index (χ0v) is 19.0. The smallest absolute Gasteiger partial charge is 0.243 e. The van der Waals surface area contributed by atoms with E-state index in [9.17, 15) is 14.4 Å². The quantitative estimate of drug-likeness (QED) is 0.611. The van der Waals surface area contributed by atoms with E-state index < -0.39 is 0 Å². The molecule has 7 nitrogen and oxygen atoms in total. The lowest BCUT2D eigenvalue weighted by molar-refractivity contribution is -0.131. The molecule has 0 atom stereocenters. The Balaban J connectivity index is 1.11. The third-order valence-corrected chi connectivity index (χ3v) is 8.06. The minimum atomic E-state index is -0.273. The normalized spacial score (nSPS) is 30.7. The summed E-state index contributed by atoms with van der Waals surface area (Å²) in [6.45, 7) is 1.49. The van der Waals surface area contributed by atoms with Gasteiger partial charge < -0.3 is 20.9 Å². The van der Waals surface area contributed by atoms with Gasteiger partial charge in [0.15, 0.2) is 0 Å². The second-order valence-electron chi connectivity index (χ2n) is 10.4. The predicted octanol–water partition coefficient (Wildman–Crippen LogP) is 2.94. The maximum absolute atomic E-state index is 12.6. The summed E-state index contributed by atoms with van der Waals surface area (Å²) in [6, 6.07) is 5.25. The first-order valence-electron chi connectivity index (χ1n) is 11.8. The standard InChI is InChI=1S/C24H31ClN4O3/c25-19-8-18(1-2-20(19)29-4-3-26-23(32)14-29)28-22(31)13-27-21(30)12-24-9-15-5-16(10-24)7-17(6-15)11-24/h1-2,8,15-17H,3-7,9-14H2,(H,26,32)(H,27,30)(H,28,31). The van der Waals surface area contributed by atoms with Crippen molar-refractivity contribution < 1.29 is 14.4 Å². The molecule has 8 heteroatoms. The largest absolute Gasteiger partial charge is 0.359 e. The fourth-order valence-electron chi connectivity index (χ4n) is 6.98. The molecule has 1 saturated heterocycles. The lowest BCUT2D eigenvalue weighted by Gasteiger charge is -2.56. The van der Waals surface area contributed by atoms with E-state index in [1.807, 2.05) is 11.0 Å². The molecule has 1 heterocycles. The predicted molar refractivity (Wildman–Crippen MR) is 124 cm³/mol. The average Bonchev–Trinajstić information content (AvgIpc) is 2.71. The summed E-state index contributed by atoms with van der Waals surface area (Å²) >= 11 is 6.40. The van der Waals surface area contributed by atoms with Gasteiger partial charge in [0.25, 0.3) is 0 Å². The van der Waals surface area contributed by atoms with Crippen LogP contribution in [0.2, 0.25) is 5.02 Å². The number of anilines is 2. The fraction of sp³-hybridized carbons (Fsp3) is 0.625. The van der Waals surface area contributed by atoms with Crippen molar-refractivity contribution in [3.8, 4) is 0 Å². The molecule has 1 aromatic carbocycles. The second kappa shape index (κ2) is 8.58. The van der Waals surface area contributed by atoms with E-state index in [2.05, 4.69) is 16.0 Å². The number of amides is 3. The van der Waals surface area contributed by atoms with Gasteiger partial charge in [-0.05, 0) is 79.9 Å². The van der Waals surface area contributed by atoms with Crippen LogP contribution in [0, 0.1) is 23.2 Å². The average molecular weight is 459 g/mol. The van der Waals surface area contributed by atoms with Gasteiger partial charge in [-0.25, -0.2) is 0 Å². The maximum Gasteiger partial charge on any atom is 0.243 e. The molecule has 0 unspecified atom stereocenters. The second-order valence-corrected chi connectivity index (χ2v) is 10.8. The van der Waals surface area contributed by atoms with Crippen LogP contribution in [0.15, 0.2) is 18.2 Å². The summed E-state index contributed by atoms with van der Waals surface area (Å²) in [7, 11) is 0. The molecular weight excluding hydrogens is 428 g/mol. The fourth-order valence-corrected chi connectivity index (χ4v) is 7.28. The monoisotopic (exact) mass is 458 g/mol. The van der Waals surface area contributed by atoms with Crippen molar-refractivity contribution in [2.45, 2.75) is 44.9 Å². The summed E-state index contributed by atoms with van der Waals surface area (Å²) in [5.41, 5.74) is 1.51. The molecule has 5 aliphatic rings. The Labute approximate surface area is 193 Å². The van der Waals surface area contributed by atoms with Gasteiger partial charge in [-0.1, -0.05) is 11.6 Å². The molecule has 3 amide bonds. The van der Waals surface area contributed by atoms with Crippen LogP contribution in [0.1, 0.15) is 44.9 Å². The summed E-state index contributed by atoms with van der Waals surface area (Å²) < 4.78 is 0. The molecule has 5 fully saturated rings. The molecule has 4 aliphatic carbocycles. The third kappa shape index (κ3) is 4.58. The van der Waals surface area contributed by atoms with Gasteiger partial charge in [0.1, 0.15) is 0 Å². The van der Waals surface area contributed by atoms with Gasteiger partial charge in [0, 0.05) is 25.2 Å². The number of carbonyl (C=O) groups is 3. The van der Waals surface area contributed by atoms with Crippen molar-refractivity contribution in [1.29, 1.82) is 0 Å². The van der Waals surface area contributed by atoms with Crippen LogP contribution in [0.5, 0.6) is 0 Å². The third-order valence-electron chi connectivity index (χ3n) is 7.76. The van der Waals surface area contributed by atoms with Gasteiger partial charge in [0.05, 0.1) is 23.8 Å². The van der Waals surface area contributed by atoms with Crippen molar-refractivity contribution >= 4 is 40.7 Å². The summed E-state index contributed by atoms with van der Waals surface area (Å²) in [5.74, 6) is 2.11. The van der Waals surface area contributed by atoms with Crippen LogP contribution in [0.25, 0.3) is 0 Å². The lowest BCUT2D eigenvalue weighted by atomic mass is 9.49. The number of hydrogen-bond acceptors (Lipinski definition) is 4. The van der Waals surface area contributed by atoms with E-state index in [1.54, 1.807) is 12.1 Å². The topological polar surface area (TPSA) is 90.5 Å². The number of hydrogen-bond donors (Lipinski definition) is 3. The highest BCUT2D eigenvalue weighted by atomic mass is 35.5. The number of benzene rings is 1. The number of nitrogens with zero attached hydrogens (tertiary/aromatic N) is 1. The first-order chi connectivity index (χ1) is 15.4. The minimum absolute atomic E-state index is 0.0149. The molecule has 32 heavy (non-hydrogen) atoms. The molecule has 4 saturated carbocycles. The van der Waals surface area contributed by atoms with Gasteiger partial charge in [-0.3, -0.25) is 14.4 Å². The first kappa shape index (κ1) is 21.6. The van der Waals surface area contributed by atoms with Crippen molar-refractivity contribution in [2.24, 2.45) is 23.2 Å². The van der Waals surface area contributed by atoms with Crippen LogP contribution in [0.3, 0.4) is 0 Å². The molecular formula is C24H31ClN4O3. The Morgan fingerprint density at radius 2 is 1.78 bits per heavy atom. The number of carbonyl (C=O) groups excluding carboxylic acids is 3. The van der Waals surface area contributed by atoms with Gasteiger partial charge in [-0.2, -0.15) is 0 Å². The van der Waals surface area contributed by atoms with Crippen LogP contribution in [0.4, 0.5) is 11.4 Å². The van der Waals surface area contributed by atoms with E-state index in [1.165, 1.54) is 38.5 Å². The SMILES string of the molecule is O=C1CN(c2ccc(NC(=O)CNC(=O)CC34CC5CC(CC(C5)C3)C4)cc2Cl)CCN1. The van der Waals surface area contributed by atoms with Crippen molar-refractivity contribution in [1.82, 2.24) is 10.6 Å². The van der Waals surface area contributed by atoms with Crippen molar-refractivity contribution in [3.63, 3.8) is 0 Å². The summed E-state index contributed by atoms with van der Waals surface area (Å²) in [5, 5.41) is 8.89. The van der Waals surface area contributed by atoms with Crippen LogP contribution < -0.4 is 20.9 Å². The number of piperazine rings is 1. The molecule has 6 rings (SSSR count). The maximum atomic E-state index is 12.6. The lowest BCUT2D eigenvalue weighted by Crippen LogP contribution is -2.48. The molecule has 172 valence electrons. The zero-order valence-electron chi connectivity index (χ0n) is 18.3. The van der Waals surface area contributed by atoms with Gasteiger partial charge in [-0.15, -0.1) is 0 Å². The molecule has 0 spiro atoms. The first-order valence-corrected chi connectivity index (χ1v) is 12.1. The van der Waals surface area contributed by atoms with Gasteiger partial charge in [0.2, 0.25) is 17.7 Å². The molecule has 4 bridgehead atoms. The number of rotatable bonds is 6. The van der Waals surface area contributed by atoms with Crippen molar-refractivity contribution in [2.75, 3.05) is 36.4 Å². The van der Waals surface area contributed by atoms with E-state index >= 15 is 0 Å². The number of halogens is 1. The highest BCUT2D eigenvalue weighted by molar-refractivity contribution is 6.33. The van der Waals surface area contributed by atoms with Crippen molar-refractivity contribution in [3.05, 3.63) is 23.2 Å². The Kier molecular flexibility index (Phi) is 5.78. The highest BCUT2D eigenvalue weighted by Crippen LogP contribution is 2.61. The highest BCUT2D eigenvalue weighted by Gasteiger charge is 2.51. The van der Waals surface area contributed by atoms with Gasteiger partial charge >= 0.3 is 0 Å². The molecule has 1 aliphatic heterocycles. The van der Waals surface area contributed by atoms with E-state index in [0.29, 0.717) is 30.2 Å². The van der Waals surface area contributed by atoms with E-state index in [-0.39, 0.29) is 36.2 Å². The summed E-state index contributed by atoms with van der Waals surface area (Å²) in [4.78, 5) is 38.6. The zero-order chi connectivity index (χ0) is 22.3. The van der Waals surface area contributed by atoms with Crippen LogP contribution in [-0.2, 0) is 14.4 Å². The Hall–Kier alpha value is -2.28. The summed E-state index contributed by atoms with van der Waals surface area (Å²) in [6.07, 6.45) is 8.17. The minimum Gasteiger partial charge on any atom is -0.359 e. The van der Waals surface area contributed by atoms with Crippen LogP contribution >= 0.6 is 11.6 Å². The van der Waals surface area contributed by atoms with E-state index in [0.717, 1.165) is 23.4 Å². The molecule has 0 radical (unpaired) electrons. The van der Waals surface area contributed by atoms with E-state index in [4.69, 9.17) is 11.6 Å². The molecule has 3 N–H and O–H groups in total.